The van der Waals surface area contributed by atoms with Crippen LogP contribution in [-0.4, -0.2) is 5.11 Å². The SMILES string of the molecule is S=C(Nc1ccc(Cl)c(Cl)c1)Nc1cccc(Cl)c1Cl. The predicted molar refractivity (Wildman–Crippen MR) is 92.8 cm³/mol. The molecule has 0 aliphatic carbocycles. The molecule has 0 saturated heterocycles. The number of anilines is 2. The van der Waals surface area contributed by atoms with Crippen LogP contribution in [0.25, 0.3) is 0 Å². The summed E-state index contributed by atoms with van der Waals surface area (Å²) in [6, 6.07) is 10.4. The summed E-state index contributed by atoms with van der Waals surface area (Å²) in [6.07, 6.45) is 0. The normalized spacial score (nSPS) is 10.2. The number of halogens is 4. The fraction of sp³-hybridized carbons (Fsp3) is 0. The summed E-state index contributed by atoms with van der Waals surface area (Å²) < 4.78 is 0. The lowest BCUT2D eigenvalue weighted by Crippen LogP contribution is -2.19. The van der Waals surface area contributed by atoms with Crippen LogP contribution >= 0.6 is 58.6 Å². The van der Waals surface area contributed by atoms with E-state index in [-0.39, 0.29) is 0 Å². The highest BCUT2D eigenvalue weighted by Crippen LogP contribution is 2.30. The Morgan fingerprint density at radius 3 is 2.30 bits per heavy atom. The number of hydrogen-bond donors (Lipinski definition) is 2. The second kappa shape index (κ2) is 6.83. The van der Waals surface area contributed by atoms with Gasteiger partial charge in [0.1, 0.15) is 0 Å². The van der Waals surface area contributed by atoms with Crippen molar-refractivity contribution in [3.63, 3.8) is 0 Å². The van der Waals surface area contributed by atoms with Crippen LogP contribution in [0, 0.1) is 0 Å². The zero-order valence-electron chi connectivity index (χ0n) is 9.88. The Balaban J connectivity index is 2.09. The van der Waals surface area contributed by atoms with E-state index in [1.54, 1.807) is 36.4 Å². The van der Waals surface area contributed by atoms with Gasteiger partial charge in [-0.2, -0.15) is 0 Å². The molecule has 0 aromatic heterocycles. The summed E-state index contributed by atoms with van der Waals surface area (Å²) in [6.45, 7) is 0. The lowest BCUT2D eigenvalue weighted by atomic mass is 10.3. The van der Waals surface area contributed by atoms with Crippen LogP contribution in [0.2, 0.25) is 20.1 Å². The maximum absolute atomic E-state index is 6.07. The van der Waals surface area contributed by atoms with Crippen LogP contribution in [-0.2, 0) is 0 Å². The first kappa shape index (κ1) is 15.7. The minimum atomic E-state index is 0.368. The third-order valence-electron chi connectivity index (χ3n) is 2.38. The van der Waals surface area contributed by atoms with Crippen LogP contribution in [0.1, 0.15) is 0 Å². The number of thiocarbonyl (C=S) groups is 1. The highest BCUT2D eigenvalue weighted by atomic mass is 35.5. The van der Waals surface area contributed by atoms with E-state index in [0.717, 1.165) is 5.69 Å². The van der Waals surface area contributed by atoms with Gasteiger partial charge in [0.15, 0.2) is 5.11 Å². The zero-order valence-corrected chi connectivity index (χ0v) is 13.7. The first-order valence-electron chi connectivity index (χ1n) is 5.44. The molecule has 20 heavy (non-hydrogen) atoms. The molecule has 0 unspecified atom stereocenters. The molecule has 0 aliphatic heterocycles. The molecule has 2 nitrogen and oxygen atoms in total. The molecule has 7 heteroatoms. The molecular formula is C13H8Cl4N2S. The van der Waals surface area contributed by atoms with Crippen molar-refractivity contribution in [3.05, 3.63) is 56.5 Å². The average molecular weight is 366 g/mol. The van der Waals surface area contributed by atoms with Gasteiger partial charge in [-0.25, -0.2) is 0 Å². The standard InChI is InChI=1S/C13H8Cl4N2S/c14-8-5-4-7(6-10(8)16)18-13(20)19-11-3-1-2-9(15)12(11)17/h1-6H,(H2,18,19,20). The van der Waals surface area contributed by atoms with Crippen LogP contribution in [0.15, 0.2) is 36.4 Å². The molecule has 0 amide bonds. The Bertz CT molecular complexity index is 661. The molecule has 2 N–H and O–H groups in total. The summed E-state index contributed by atoms with van der Waals surface area (Å²) >= 11 is 29.0. The molecule has 2 aromatic rings. The predicted octanol–water partition coefficient (Wildman–Crippen LogP) is 6.11. The highest BCUT2D eigenvalue weighted by molar-refractivity contribution is 7.80. The van der Waals surface area contributed by atoms with E-state index in [4.69, 9.17) is 58.6 Å². The second-order valence-corrected chi connectivity index (χ2v) is 5.82. The monoisotopic (exact) mass is 364 g/mol. The lowest BCUT2D eigenvalue weighted by Gasteiger charge is -2.12. The van der Waals surface area contributed by atoms with Crippen molar-refractivity contribution in [2.45, 2.75) is 0 Å². The molecular weight excluding hydrogens is 358 g/mol. The van der Waals surface area contributed by atoms with Crippen molar-refractivity contribution >= 4 is 75.1 Å². The summed E-state index contributed by atoms with van der Waals surface area (Å²) in [5, 5.41) is 8.10. The molecule has 104 valence electrons. The van der Waals surface area contributed by atoms with Crippen LogP contribution in [0.3, 0.4) is 0 Å². The maximum atomic E-state index is 6.07. The number of benzene rings is 2. The van der Waals surface area contributed by atoms with Crippen LogP contribution in [0.4, 0.5) is 11.4 Å². The Hall–Kier alpha value is -0.710. The molecule has 0 aliphatic rings. The number of nitrogens with one attached hydrogen (secondary N) is 2. The van der Waals surface area contributed by atoms with Gasteiger partial charge in [-0.15, -0.1) is 0 Å². The minimum Gasteiger partial charge on any atom is -0.332 e. The third-order valence-corrected chi connectivity index (χ3v) is 4.14. The summed E-state index contributed by atoms with van der Waals surface area (Å²) in [5.41, 5.74) is 1.34. The van der Waals surface area contributed by atoms with Gasteiger partial charge >= 0.3 is 0 Å². The Kier molecular flexibility index (Phi) is 5.35. The van der Waals surface area contributed by atoms with Crippen molar-refractivity contribution in [1.82, 2.24) is 0 Å². The lowest BCUT2D eigenvalue weighted by molar-refractivity contribution is 1.59. The van der Waals surface area contributed by atoms with E-state index in [1.165, 1.54) is 0 Å². The quantitative estimate of drug-likeness (QED) is 0.628. The van der Waals surface area contributed by atoms with Gasteiger partial charge in [0.2, 0.25) is 0 Å². The topological polar surface area (TPSA) is 24.1 Å². The second-order valence-electron chi connectivity index (χ2n) is 3.81. The van der Waals surface area contributed by atoms with Gasteiger partial charge in [-0.05, 0) is 42.5 Å². The number of rotatable bonds is 2. The number of hydrogen-bond acceptors (Lipinski definition) is 1. The maximum Gasteiger partial charge on any atom is 0.175 e. The summed E-state index contributed by atoms with van der Waals surface area (Å²) in [5.74, 6) is 0. The van der Waals surface area contributed by atoms with Crippen molar-refractivity contribution in [2.75, 3.05) is 10.6 Å². The molecule has 0 heterocycles. The largest absolute Gasteiger partial charge is 0.332 e. The van der Waals surface area contributed by atoms with E-state index in [0.29, 0.717) is 30.9 Å². The van der Waals surface area contributed by atoms with Gasteiger partial charge < -0.3 is 10.6 Å². The van der Waals surface area contributed by atoms with E-state index in [9.17, 15) is 0 Å². The average Bonchev–Trinajstić information content (AvgIpc) is 2.39. The zero-order chi connectivity index (χ0) is 14.7. The van der Waals surface area contributed by atoms with Gasteiger partial charge in [-0.1, -0.05) is 52.5 Å². The van der Waals surface area contributed by atoms with E-state index >= 15 is 0 Å². The van der Waals surface area contributed by atoms with E-state index < -0.39 is 0 Å². The van der Waals surface area contributed by atoms with E-state index in [2.05, 4.69) is 10.6 Å². The fourth-order valence-electron chi connectivity index (χ4n) is 1.46. The first-order valence-corrected chi connectivity index (χ1v) is 7.36. The van der Waals surface area contributed by atoms with Crippen molar-refractivity contribution < 1.29 is 0 Å². The first-order chi connectivity index (χ1) is 9.47. The molecule has 2 aromatic carbocycles. The van der Waals surface area contributed by atoms with Crippen LogP contribution in [0.5, 0.6) is 0 Å². The Labute approximate surface area is 142 Å². The van der Waals surface area contributed by atoms with Crippen molar-refractivity contribution in [2.24, 2.45) is 0 Å². The van der Waals surface area contributed by atoms with Gasteiger partial charge in [-0.3, -0.25) is 0 Å². The summed E-state index contributed by atoms with van der Waals surface area (Å²) in [7, 11) is 0. The highest BCUT2D eigenvalue weighted by Gasteiger charge is 2.06. The Morgan fingerprint density at radius 1 is 0.850 bits per heavy atom. The molecule has 2 rings (SSSR count). The van der Waals surface area contributed by atoms with Crippen molar-refractivity contribution in [3.8, 4) is 0 Å². The van der Waals surface area contributed by atoms with E-state index in [1.807, 2.05) is 0 Å². The molecule has 0 bridgehead atoms. The molecule has 0 radical (unpaired) electrons. The van der Waals surface area contributed by atoms with Crippen molar-refractivity contribution in [1.29, 1.82) is 0 Å². The Morgan fingerprint density at radius 2 is 1.60 bits per heavy atom. The van der Waals surface area contributed by atoms with Crippen LogP contribution < -0.4 is 10.6 Å². The fourth-order valence-corrected chi connectivity index (χ4v) is 2.33. The third kappa shape index (κ3) is 3.90. The van der Waals surface area contributed by atoms with Gasteiger partial charge in [0.05, 0.1) is 25.8 Å². The molecule has 0 spiro atoms. The van der Waals surface area contributed by atoms with Gasteiger partial charge in [0.25, 0.3) is 0 Å². The molecule has 0 atom stereocenters. The van der Waals surface area contributed by atoms with Gasteiger partial charge in [0, 0.05) is 5.69 Å². The molecule has 0 saturated carbocycles. The minimum absolute atomic E-state index is 0.368. The molecule has 0 fully saturated rings. The smallest absolute Gasteiger partial charge is 0.175 e. The summed E-state index contributed by atoms with van der Waals surface area (Å²) in [4.78, 5) is 0.